The molecule has 29 heavy (non-hydrogen) atoms. The van der Waals surface area contributed by atoms with Crippen molar-refractivity contribution in [1.29, 1.82) is 0 Å². The number of hydrogen-bond donors (Lipinski definition) is 3. The van der Waals surface area contributed by atoms with Crippen LogP contribution >= 0.6 is 12.2 Å². The van der Waals surface area contributed by atoms with Crippen molar-refractivity contribution in [1.82, 2.24) is 10.6 Å². The van der Waals surface area contributed by atoms with Gasteiger partial charge in [-0.3, -0.25) is 14.9 Å². The molecular weight excluding hydrogens is 386 g/mol. The van der Waals surface area contributed by atoms with E-state index in [1.54, 1.807) is 42.5 Å². The predicted octanol–water partition coefficient (Wildman–Crippen LogP) is 4.13. The topological polar surface area (TPSA) is 79.5 Å². The van der Waals surface area contributed by atoms with Crippen molar-refractivity contribution < 1.29 is 14.3 Å². The van der Waals surface area contributed by atoms with E-state index in [-0.39, 0.29) is 29.1 Å². The molecule has 7 heteroatoms. The fraction of sp³-hybridized carbons (Fsp3) is 0.318. The van der Waals surface area contributed by atoms with Gasteiger partial charge in [-0.25, -0.2) is 0 Å². The normalized spacial score (nSPS) is 11.5. The van der Waals surface area contributed by atoms with Gasteiger partial charge in [0.25, 0.3) is 11.8 Å². The van der Waals surface area contributed by atoms with Gasteiger partial charge in [-0.2, -0.15) is 0 Å². The fourth-order valence-electron chi connectivity index (χ4n) is 2.49. The Kier molecular flexibility index (Phi) is 8.15. The molecule has 0 heterocycles. The van der Waals surface area contributed by atoms with Crippen molar-refractivity contribution in [3.05, 3.63) is 59.7 Å². The Morgan fingerprint density at radius 1 is 1.03 bits per heavy atom. The van der Waals surface area contributed by atoms with Crippen LogP contribution in [0.3, 0.4) is 0 Å². The molecule has 3 N–H and O–H groups in total. The lowest BCUT2D eigenvalue weighted by Crippen LogP contribution is -2.35. The second kappa shape index (κ2) is 10.6. The zero-order chi connectivity index (χ0) is 21.4. The quantitative estimate of drug-likeness (QED) is 0.595. The first-order chi connectivity index (χ1) is 13.8. The number of thiocarbonyl (C=S) groups is 1. The smallest absolute Gasteiger partial charge is 0.257 e. The van der Waals surface area contributed by atoms with Gasteiger partial charge in [-0.15, -0.1) is 0 Å². The third-order valence-electron chi connectivity index (χ3n) is 4.08. The van der Waals surface area contributed by atoms with Crippen LogP contribution in [0.1, 0.15) is 54.8 Å². The largest absolute Gasteiger partial charge is 0.491 e. The van der Waals surface area contributed by atoms with Crippen LogP contribution in [0.2, 0.25) is 0 Å². The maximum Gasteiger partial charge on any atom is 0.257 e. The summed E-state index contributed by atoms with van der Waals surface area (Å²) in [5, 5.41) is 8.52. The monoisotopic (exact) mass is 413 g/mol. The summed E-state index contributed by atoms with van der Waals surface area (Å²) in [7, 11) is 0. The Bertz CT molecular complexity index is 883. The van der Waals surface area contributed by atoms with Crippen molar-refractivity contribution in [3.8, 4) is 5.75 Å². The minimum atomic E-state index is -0.360. The van der Waals surface area contributed by atoms with Crippen LogP contribution in [-0.4, -0.2) is 29.1 Å². The fourth-order valence-corrected chi connectivity index (χ4v) is 2.69. The first-order valence-corrected chi connectivity index (χ1v) is 10.00. The molecule has 2 rings (SSSR count). The van der Waals surface area contributed by atoms with E-state index in [9.17, 15) is 9.59 Å². The van der Waals surface area contributed by atoms with Crippen molar-refractivity contribution in [2.45, 2.75) is 46.3 Å². The van der Waals surface area contributed by atoms with Crippen LogP contribution in [0.4, 0.5) is 5.69 Å². The van der Waals surface area contributed by atoms with Gasteiger partial charge in [0, 0.05) is 11.6 Å². The number of amides is 2. The molecule has 0 bridgehead atoms. The van der Waals surface area contributed by atoms with Gasteiger partial charge in [-0.1, -0.05) is 25.1 Å². The maximum atomic E-state index is 12.5. The molecule has 0 aromatic heterocycles. The lowest BCUT2D eigenvalue weighted by molar-refractivity contribution is 0.0942. The molecule has 0 saturated heterocycles. The van der Waals surface area contributed by atoms with E-state index in [0.29, 0.717) is 22.6 Å². The van der Waals surface area contributed by atoms with Gasteiger partial charge >= 0.3 is 0 Å². The standard InChI is InChI=1S/C22H27N3O3S/c1-5-15(4)28-17-10-8-9-16(13-17)20(26)25-22(29)24-19-12-7-6-11-18(19)21(27)23-14(2)3/h6-15H,5H2,1-4H3,(H,23,27)(H2,24,25,26,29). The van der Waals surface area contributed by atoms with Crippen LogP contribution in [0.15, 0.2) is 48.5 Å². The van der Waals surface area contributed by atoms with Gasteiger partial charge < -0.3 is 15.4 Å². The molecule has 0 radical (unpaired) electrons. The third kappa shape index (κ3) is 6.87. The molecule has 0 aliphatic rings. The second-order valence-electron chi connectivity index (χ2n) is 6.95. The molecule has 0 fully saturated rings. The Balaban J connectivity index is 2.06. The highest BCUT2D eigenvalue weighted by Gasteiger charge is 2.14. The molecular formula is C22H27N3O3S. The lowest BCUT2D eigenvalue weighted by atomic mass is 10.1. The molecule has 1 atom stereocenters. The van der Waals surface area contributed by atoms with Gasteiger partial charge in [0.2, 0.25) is 0 Å². The lowest BCUT2D eigenvalue weighted by Gasteiger charge is -2.15. The number of anilines is 1. The van der Waals surface area contributed by atoms with Gasteiger partial charge in [0.1, 0.15) is 5.75 Å². The maximum absolute atomic E-state index is 12.5. The van der Waals surface area contributed by atoms with Crippen molar-refractivity contribution >= 4 is 34.8 Å². The summed E-state index contributed by atoms with van der Waals surface area (Å²) in [6.45, 7) is 7.78. The molecule has 154 valence electrons. The first kappa shape index (κ1) is 22.4. The molecule has 2 aromatic carbocycles. The van der Waals surface area contributed by atoms with Crippen molar-refractivity contribution in [2.24, 2.45) is 0 Å². The van der Waals surface area contributed by atoms with Crippen molar-refractivity contribution in [3.63, 3.8) is 0 Å². The van der Waals surface area contributed by atoms with Gasteiger partial charge in [0.15, 0.2) is 5.11 Å². The molecule has 2 aromatic rings. The van der Waals surface area contributed by atoms with Crippen molar-refractivity contribution in [2.75, 3.05) is 5.32 Å². The molecule has 0 spiro atoms. The van der Waals surface area contributed by atoms with E-state index in [1.165, 1.54) is 0 Å². The molecule has 1 unspecified atom stereocenters. The highest BCUT2D eigenvalue weighted by molar-refractivity contribution is 7.80. The first-order valence-electron chi connectivity index (χ1n) is 9.59. The summed E-state index contributed by atoms with van der Waals surface area (Å²) in [6.07, 6.45) is 0.929. The molecule has 2 amide bonds. The van der Waals surface area contributed by atoms with E-state index in [4.69, 9.17) is 17.0 Å². The Labute approximate surface area is 177 Å². The van der Waals surface area contributed by atoms with Crippen LogP contribution in [0.25, 0.3) is 0 Å². The zero-order valence-electron chi connectivity index (χ0n) is 17.1. The number of benzene rings is 2. The SMILES string of the molecule is CCC(C)Oc1cccc(C(=O)NC(=S)Nc2ccccc2C(=O)NC(C)C)c1. The minimum absolute atomic E-state index is 0.00660. The van der Waals surface area contributed by atoms with Crippen LogP contribution < -0.4 is 20.7 Å². The van der Waals surface area contributed by atoms with Gasteiger partial charge in [-0.05, 0) is 69.7 Å². The summed E-state index contributed by atoms with van der Waals surface area (Å²) >= 11 is 5.26. The Morgan fingerprint density at radius 3 is 2.45 bits per heavy atom. The van der Waals surface area contributed by atoms with E-state index in [0.717, 1.165) is 6.42 Å². The van der Waals surface area contributed by atoms with Crippen LogP contribution in [0, 0.1) is 0 Å². The molecule has 0 aliphatic heterocycles. The summed E-state index contributed by atoms with van der Waals surface area (Å²) in [5.74, 6) is 0.0508. The second-order valence-corrected chi connectivity index (χ2v) is 7.35. The zero-order valence-corrected chi connectivity index (χ0v) is 17.9. The van der Waals surface area contributed by atoms with E-state index in [1.807, 2.05) is 33.8 Å². The number of hydrogen-bond acceptors (Lipinski definition) is 4. The number of rotatable bonds is 7. The summed E-state index contributed by atoms with van der Waals surface area (Å²) in [6, 6.07) is 13.9. The third-order valence-corrected chi connectivity index (χ3v) is 4.28. The summed E-state index contributed by atoms with van der Waals surface area (Å²) in [5.41, 5.74) is 1.40. The predicted molar refractivity (Wildman–Crippen MR) is 120 cm³/mol. The van der Waals surface area contributed by atoms with Crippen LogP contribution in [0.5, 0.6) is 5.75 Å². The number of carbonyl (C=O) groups is 2. The molecule has 0 saturated carbocycles. The summed E-state index contributed by atoms with van der Waals surface area (Å²) in [4.78, 5) is 24.9. The van der Waals surface area contributed by atoms with E-state index >= 15 is 0 Å². The minimum Gasteiger partial charge on any atom is -0.491 e. The van der Waals surface area contributed by atoms with E-state index in [2.05, 4.69) is 16.0 Å². The van der Waals surface area contributed by atoms with Crippen LogP contribution in [-0.2, 0) is 0 Å². The number of para-hydroxylation sites is 1. The highest BCUT2D eigenvalue weighted by Crippen LogP contribution is 2.17. The Morgan fingerprint density at radius 2 is 1.76 bits per heavy atom. The summed E-state index contributed by atoms with van der Waals surface area (Å²) < 4.78 is 5.76. The highest BCUT2D eigenvalue weighted by atomic mass is 32.1. The number of nitrogens with one attached hydrogen (secondary N) is 3. The number of ether oxygens (including phenoxy) is 1. The number of carbonyl (C=O) groups excluding carboxylic acids is 2. The molecule has 6 nitrogen and oxygen atoms in total. The van der Waals surface area contributed by atoms with E-state index < -0.39 is 0 Å². The molecule has 0 aliphatic carbocycles. The average molecular weight is 414 g/mol. The Hall–Kier alpha value is -2.93. The average Bonchev–Trinajstić information content (AvgIpc) is 2.67. The van der Waals surface area contributed by atoms with Gasteiger partial charge in [0.05, 0.1) is 17.4 Å².